The Bertz CT molecular complexity index is 1050. The molecule has 3 rings (SSSR count). The lowest BCUT2D eigenvalue weighted by Gasteiger charge is -2.23. The lowest BCUT2D eigenvalue weighted by molar-refractivity contribution is -0.142. The first-order valence-corrected chi connectivity index (χ1v) is 11.2. The minimum Gasteiger partial charge on any atom is -0.483 e. The Labute approximate surface area is 192 Å². The van der Waals surface area contributed by atoms with Crippen LogP contribution in [0.15, 0.2) is 18.2 Å². The molecule has 1 unspecified atom stereocenters. The van der Waals surface area contributed by atoms with Gasteiger partial charge in [0, 0.05) is 4.88 Å². The molecule has 1 aliphatic rings. The number of anilines is 1. The van der Waals surface area contributed by atoms with Crippen LogP contribution in [0.1, 0.15) is 65.0 Å². The predicted octanol–water partition coefficient (Wildman–Crippen LogP) is 4.36. The van der Waals surface area contributed by atoms with Crippen LogP contribution in [0.4, 0.5) is 5.00 Å². The summed E-state index contributed by atoms with van der Waals surface area (Å²) in [5.74, 6) is -1.29. The van der Waals surface area contributed by atoms with E-state index in [0.717, 1.165) is 16.0 Å². The van der Waals surface area contributed by atoms with E-state index in [1.165, 1.54) is 25.6 Å². The smallest absolute Gasteiger partial charge is 0.341 e. The van der Waals surface area contributed by atoms with Crippen LogP contribution in [0.5, 0.6) is 5.75 Å². The molecule has 1 aromatic heterocycles. The third-order valence-electron chi connectivity index (χ3n) is 5.46. The lowest BCUT2D eigenvalue weighted by atomic mass is 9.85. The number of benzene rings is 1. The summed E-state index contributed by atoms with van der Waals surface area (Å²) in [5, 5.41) is 3.14. The number of amides is 1. The second-order valence-corrected chi connectivity index (χ2v) is 9.94. The number of thiophene rings is 1. The van der Waals surface area contributed by atoms with Crippen LogP contribution in [0.2, 0.25) is 0 Å². The summed E-state index contributed by atoms with van der Waals surface area (Å²) < 4.78 is 15.7. The van der Waals surface area contributed by atoms with E-state index < -0.39 is 23.8 Å². The molecule has 1 aromatic carbocycles. The molecular formula is C24H29NO6S. The molecule has 172 valence electrons. The molecule has 1 N–H and O–H groups in total. The highest BCUT2D eigenvalue weighted by Crippen LogP contribution is 2.46. The summed E-state index contributed by atoms with van der Waals surface area (Å²) in [7, 11) is 2.59. The van der Waals surface area contributed by atoms with Crippen molar-refractivity contribution < 1.29 is 28.6 Å². The van der Waals surface area contributed by atoms with Gasteiger partial charge in [-0.1, -0.05) is 38.5 Å². The van der Waals surface area contributed by atoms with Gasteiger partial charge in [-0.15, -0.1) is 11.3 Å². The van der Waals surface area contributed by atoms with Gasteiger partial charge in [0.2, 0.25) is 0 Å². The quantitative estimate of drug-likeness (QED) is 0.646. The molecular weight excluding hydrogens is 430 g/mol. The number of fused-ring (bicyclic) bond motifs is 1. The Hall–Kier alpha value is -2.87. The van der Waals surface area contributed by atoms with Gasteiger partial charge in [0.15, 0.2) is 6.61 Å². The highest BCUT2D eigenvalue weighted by Gasteiger charge is 2.38. The van der Waals surface area contributed by atoms with E-state index in [9.17, 15) is 14.4 Å². The van der Waals surface area contributed by atoms with Crippen molar-refractivity contribution in [3.8, 4) is 5.75 Å². The molecule has 2 aromatic rings. The third kappa shape index (κ3) is 4.80. The van der Waals surface area contributed by atoms with Gasteiger partial charge in [-0.3, -0.25) is 9.59 Å². The van der Waals surface area contributed by atoms with E-state index >= 15 is 0 Å². The minimum absolute atomic E-state index is 0.145. The maximum absolute atomic E-state index is 12.7. The number of ether oxygens (including phenoxy) is 3. The number of aryl methyl sites for hydroxylation is 2. The normalized spacial score (nSPS) is 15.1. The van der Waals surface area contributed by atoms with Gasteiger partial charge >= 0.3 is 11.9 Å². The summed E-state index contributed by atoms with van der Waals surface area (Å²) in [5.41, 5.74) is 2.80. The zero-order chi connectivity index (χ0) is 23.6. The van der Waals surface area contributed by atoms with E-state index in [0.29, 0.717) is 29.2 Å². The molecule has 32 heavy (non-hydrogen) atoms. The number of esters is 2. The SMILES string of the molecule is COC(=O)c1c(NC(=O)COc2ccc(C)cc2C(C)(C)C)sc2c1C(C(=O)OC)CC2. The zero-order valence-corrected chi connectivity index (χ0v) is 20.1. The Kier molecular flexibility index (Phi) is 6.93. The number of rotatable bonds is 6. The second kappa shape index (κ2) is 9.32. The maximum atomic E-state index is 12.7. The van der Waals surface area contributed by atoms with Crippen molar-refractivity contribution in [1.82, 2.24) is 0 Å². The fraction of sp³-hybridized carbons (Fsp3) is 0.458. The van der Waals surface area contributed by atoms with Crippen molar-refractivity contribution in [2.75, 3.05) is 26.1 Å². The van der Waals surface area contributed by atoms with E-state index in [-0.39, 0.29) is 17.6 Å². The fourth-order valence-corrected chi connectivity index (χ4v) is 5.18. The molecule has 1 aliphatic carbocycles. The highest BCUT2D eigenvalue weighted by atomic mass is 32.1. The number of carbonyl (C=O) groups excluding carboxylic acids is 3. The van der Waals surface area contributed by atoms with Gasteiger partial charge < -0.3 is 19.5 Å². The lowest BCUT2D eigenvalue weighted by Crippen LogP contribution is -2.23. The average molecular weight is 460 g/mol. The third-order valence-corrected chi connectivity index (χ3v) is 6.64. The molecule has 0 saturated heterocycles. The van der Waals surface area contributed by atoms with Crippen molar-refractivity contribution in [2.24, 2.45) is 0 Å². The van der Waals surface area contributed by atoms with Crippen LogP contribution in [0, 0.1) is 6.92 Å². The number of nitrogens with one attached hydrogen (secondary N) is 1. The van der Waals surface area contributed by atoms with Gasteiger partial charge in [0.25, 0.3) is 5.91 Å². The van der Waals surface area contributed by atoms with Crippen molar-refractivity contribution >= 4 is 34.2 Å². The van der Waals surface area contributed by atoms with Crippen LogP contribution in [0.3, 0.4) is 0 Å². The highest BCUT2D eigenvalue weighted by molar-refractivity contribution is 7.17. The topological polar surface area (TPSA) is 90.9 Å². The Balaban J connectivity index is 1.81. The summed E-state index contributed by atoms with van der Waals surface area (Å²) in [4.78, 5) is 38.3. The van der Waals surface area contributed by atoms with Gasteiger partial charge in [-0.2, -0.15) is 0 Å². The predicted molar refractivity (Wildman–Crippen MR) is 123 cm³/mol. The first kappa shape index (κ1) is 23.8. The van der Waals surface area contributed by atoms with Crippen LogP contribution in [0.25, 0.3) is 0 Å². The number of hydrogen-bond acceptors (Lipinski definition) is 7. The standard InChI is InChI=1S/C24H29NO6S/c1-13-7-9-16(15(11-13)24(2,3)4)31-12-18(26)25-21-20(23(28)30-6)19-14(22(27)29-5)8-10-17(19)32-21/h7,9,11,14H,8,10,12H2,1-6H3,(H,25,26). The Morgan fingerprint density at radius 3 is 2.50 bits per heavy atom. The van der Waals surface area contributed by atoms with Crippen LogP contribution in [-0.4, -0.2) is 38.7 Å². The monoisotopic (exact) mass is 459 g/mol. The van der Waals surface area contributed by atoms with Gasteiger partial charge in [-0.05, 0) is 42.4 Å². The van der Waals surface area contributed by atoms with E-state index in [1.807, 2.05) is 19.1 Å². The van der Waals surface area contributed by atoms with Gasteiger partial charge in [0.05, 0.1) is 25.7 Å². The average Bonchev–Trinajstić information content (AvgIpc) is 3.29. The largest absolute Gasteiger partial charge is 0.483 e. The summed E-state index contributed by atoms with van der Waals surface area (Å²) in [6, 6.07) is 5.86. The summed E-state index contributed by atoms with van der Waals surface area (Å²) in [6.45, 7) is 8.06. The number of carbonyl (C=O) groups is 3. The van der Waals surface area contributed by atoms with E-state index in [4.69, 9.17) is 14.2 Å². The molecule has 1 amide bonds. The molecule has 7 nitrogen and oxygen atoms in total. The molecule has 1 atom stereocenters. The van der Waals surface area contributed by atoms with Gasteiger partial charge in [0.1, 0.15) is 10.8 Å². The van der Waals surface area contributed by atoms with Crippen molar-refractivity contribution in [3.63, 3.8) is 0 Å². The molecule has 1 heterocycles. The first-order chi connectivity index (χ1) is 15.1. The van der Waals surface area contributed by atoms with Crippen LogP contribution < -0.4 is 10.1 Å². The van der Waals surface area contributed by atoms with E-state index in [2.05, 4.69) is 32.2 Å². The fourth-order valence-electron chi connectivity index (χ4n) is 3.90. The minimum atomic E-state index is -0.594. The molecule has 0 bridgehead atoms. The Morgan fingerprint density at radius 2 is 1.88 bits per heavy atom. The van der Waals surface area contributed by atoms with Crippen LogP contribution >= 0.6 is 11.3 Å². The second-order valence-electron chi connectivity index (χ2n) is 8.84. The number of methoxy groups -OCH3 is 2. The van der Waals surface area contributed by atoms with Crippen molar-refractivity contribution in [2.45, 2.75) is 51.9 Å². The molecule has 0 spiro atoms. The zero-order valence-electron chi connectivity index (χ0n) is 19.3. The molecule has 0 fully saturated rings. The maximum Gasteiger partial charge on any atom is 0.341 e. The Morgan fingerprint density at radius 1 is 1.16 bits per heavy atom. The van der Waals surface area contributed by atoms with E-state index in [1.54, 1.807) is 0 Å². The molecule has 0 radical (unpaired) electrons. The summed E-state index contributed by atoms with van der Waals surface area (Å²) >= 11 is 1.29. The summed E-state index contributed by atoms with van der Waals surface area (Å²) in [6.07, 6.45) is 1.20. The molecule has 8 heteroatoms. The van der Waals surface area contributed by atoms with Crippen molar-refractivity contribution in [1.29, 1.82) is 0 Å². The molecule has 0 saturated carbocycles. The molecule has 0 aliphatic heterocycles. The number of hydrogen-bond donors (Lipinski definition) is 1. The van der Waals surface area contributed by atoms with Crippen molar-refractivity contribution in [3.05, 3.63) is 45.3 Å². The van der Waals surface area contributed by atoms with Gasteiger partial charge in [-0.25, -0.2) is 4.79 Å². The van der Waals surface area contributed by atoms with Crippen LogP contribution in [-0.2, 0) is 30.9 Å². The first-order valence-electron chi connectivity index (χ1n) is 10.4.